The van der Waals surface area contributed by atoms with E-state index in [9.17, 15) is 25.2 Å². The van der Waals surface area contributed by atoms with Crippen molar-refractivity contribution < 1.29 is 25.2 Å². The van der Waals surface area contributed by atoms with Gasteiger partial charge in [0.1, 0.15) is 12.2 Å². The third-order valence-corrected chi connectivity index (χ3v) is 13.4. The van der Waals surface area contributed by atoms with Crippen LogP contribution in [-0.2, 0) is 4.79 Å². The maximum atomic E-state index is 12.5. The quantitative estimate of drug-likeness (QED) is 0.0309. The molecule has 0 saturated carbocycles. The fourth-order valence-corrected chi connectivity index (χ4v) is 8.93. The Morgan fingerprint density at radius 3 is 0.968 bits per heavy atom. The van der Waals surface area contributed by atoms with Crippen molar-refractivity contribution in [3.63, 3.8) is 0 Å². The lowest BCUT2D eigenvalue weighted by molar-refractivity contribution is -0.132. The van der Waals surface area contributed by atoms with Crippen LogP contribution in [0.2, 0.25) is 0 Å². The van der Waals surface area contributed by atoms with Gasteiger partial charge in [-0.25, -0.2) is 0 Å². The molecule has 0 aliphatic carbocycles. The first-order chi connectivity index (χ1) is 31.0. The van der Waals surface area contributed by atoms with Gasteiger partial charge in [0.05, 0.1) is 18.8 Å². The molecular weight excluding hydrogens is 779 g/mol. The Morgan fingerprint density at radius 2 is 0.651 bits per heavy atom. The van der Waals surface area contributed by atoms with E-state index in [2.05, 4.69) is 43.5 Å². The van der Waals surface area contributed by atoms with Crippen LogP contribution in [0.15, 0.2) is 24.3 Å². The number of nitrogens with one attached hydrogen (secondary N) is 1. The maximum Gasteiger partial charge on any atom is 0.249 e. The van der Waals surface area contributed by atoms with Crippen LogP contribution in [0.25, 0.3) is 0 Å². The van der Waals surface area contributed by atoms with E-state index in [1.807, 2.05) is 0 Å². The topological polar surface area (TPSA) is 110 Å². The molecule has 0 aliphatic heterocycles. The largest absolute Gasteiger partial charge is 0.394 e. The second-order valence-corrected chi connectivity index (χ2v) is 19.6. The SMILES string of the molecule is CCCCCC/C=C/CCCC(O)C(O)C(CO)NC(=O)C(O)CCCCCCCCCCCCCCCCCC/C=C\CCCCCCCCCCCCCCCCCCCC. The van der Waals surface area contributed by atoms with Crippen molar-refractivity contribution in [1.29, 1.82) is 0 Å². The number of rotatable bonds is 52. The lowest BCUT2D eigenvalue weighted by Crippen LogP contribution is -2.53. The predicted octanol–water partition coefficient (Wildman–Crippen LogP) is 16.3. The molecule has 0 heterocycles. The molecule has 5 N–H and O–H groups in total. The zero-order valence-electron chi connectivity index (χ0n) is 42.3. The molecule has 0 aromatic carbocycles. The number of unbranched alkanes of at least 4 members (excludes halogenated alkanes) is 39. The highest BCUT2D eigenvalue weighted by molar-refractivity contribution is 5.80. The highest BCUT2D eigenvalue weighted by Gasteiger charge is 2.28. The minimum absolute atomic E-state index is 0.366. The summed E-state index contributed by atoms with van der Waals surface area (Å²) in [6.45, 7) is 4.01. The molecule has 0 aliphatic rings. The first-order valence-corrected chi connectivity index (χ1v) is 28.2. The Bertz CT molecular complexity index is 955. The minimum Gasteiger partial charge on any atom is -0.394 e. The van der Waals surface area contributed by atoms with Crippen LogP contribution in [-0.4, -0.2) is 57.3 Å². The van der Waals surface area contributed by atoms with E-state index in [1.54, 1.807) is 0 Å². The average molecular weight is 891 g/mol. The third-order valence-electron chi connectivity index (χ3n) is 13.4. The van der Waals surface area contributed by atoms with E-state index < -0.39 is 36.9 Å². The van der Waals surface area contributed by atoms with Gasteiger partial charge in [-0.1, -0.05) is 263 Å². The standard InChI is InChI=1S/C57H111NO5/c1-3-5-7-9-11-13-14-15-16-17-18-19-20-21-22-23-24-25-26-27-28-29-30-31-32-33-34-35-36-37-38-39-40-41-43-45-47-49-51-55(61)57(63)58-53(52-59)56(62)54(60)50-48-46-44-42-12-10-8-6-4-2/h27-28,42,44,53-56,59-62H,3-26,29-41,43,45-52H2,1-2H3,(H,58,63)/b28-27-,44-42+. The van der Waals surface area contributed by atoms with Crippen LogP contribution in [0.1, 0.15) is 303 Å². The Hall–Kier alpha value is -1.21. The fourth-order valence-electron chi connectivity index (χ4n) is 8.93. The first-order valence-electron chi connectivity index (χ1n) is 28.2. The summed E-state index contributed by atoms with van der Waals surface area (Å²) in [5.74, 6) is -0.592. The molecule has 374 valence electrons. The zero-order chi connectivity index (χ0) is 45.9. The van der Waals surface area contributed by atoms with Gasteiger partial charge in [0.25, 0.3) is 0 Å². The molecular formula is C57H111NO5. The van der Waals surface area contributed by atoms with Crippen molar-refractivity contribution in [3.8, 4) is 0 Å². The van der Waals surface area contributed by atoms with Crippen LogP contribution >= 0.6 is 0 Å². The van der Waals surface area contributed by atoms with E-state index in [1.165, 1.54) is 238 Å². The van der Waals surface area contributed by atoms with Gasteiger partial charge in [0.2, 0.25) is 5.91 Å². The van der Waals surface area contributed by atoms with Crippen molar-refractivity contribution in [1.82, 2.24) is 5.32 Å². The molecule has 0 spiro atoms. The monoisotopic (exact) mass is 890 g/mol. The lowest BCUT2D eigenvalue weighted by atomic mass is 10.00. The molecule has 63 heavy (non-hydrogen) atoms. The molecule has 6 heteroatoms. The molecule has 4 atom stereocenters. The summed E-state index contributed by atoms with van der Waals surface area (Å²) in [7, 11) is 0. The third kappa shape index (κ3) is 45.7. The number of amides is 1. The summed E-state index contributed by atoms with van der Waals surface area (Å²) < 4.78 is 0. The molecule has 0 aromatic rings. The molecule has 0 rings (SSSR count). The molecule has 4 unspecified atom stereocenters. The van der Waals surface area contributed by atoms with Gasteiger partial charge in [-0.2, -0.15) is 0 Å². The fraction of sp³-hybridized carbons (Fsp3) is 0.912. The predicted molar refractivity (Wildman–Crippen MR) is 274 cm³/mol. The van der Waals surface area contributed by atoms with Crippen LogP contribution in [0.4, 0.5) is 0 Å². The number of hydrogen-bond donors (Lipinski definition) is 5. The zero-order valence-corrected chi connectivity index (χ0v) is 42.3. The second-order valence-electron chi connectivity index (χ2n) is 19.6. The van der Waals surface area contributed by atoms with E-state index in [0.717, 1.165) is 38.5 Å². The van der Waals surface area contributed by atoms with E-state index in [4.69, 9.17) is 0 Å². The van der Waals surface area contributed by atoms with Gasteiger partial charge in [-0.15, -0.1) is 0 Å². The Morgan fingerprint density at radius 1 is 0.381 bits per heavy atom. The van der Waals surface area contributed by atoms with Gasteiger partial charge in [-0.05, 0) is 64.2 Å². The number of aliphatic hydroxyl groups excluding tert-OH is 4. The minimum atomic E-state index is -1.28. The number of carbonyl (C=O) groups excluding carboxylic acids is 1. The molecule has 0 aromatic heterocycles. The molecule has 0 bridgehead atoms. The van der Waals surface area contributed by atoms with Crippen molar-refractivity contribution in [2.45, 2.75) is 327 Å². The van der Waals surface area contributed by atoms with Crippen LogP contribution in [0.5, 0.6) is 0 Å². The van der Waals surface area contributed by atoms with Crippen LogP contribution < -0.4 is 5.32 Å². The van der Waals surface area contributed by atoms with E-state index >= 15 is 0 Å². The van der Waals surface area contributed by atoms with E-state index in [0.29, 0.717) is 12.8 Å². The van der Waals surface area contributed by atoms with Gasteiger partial charge in [0, 0.05) is 0 Å². The number of carbonyl (C=O) groups is 1. The summed E-state index contributed by atoms with van der Waals surface area (Å²) in [6.07, 6.45) is 63.0. The summed E-state index contributed by atoms with van der Waals surface area (Å²) in [5, 5.41) is 43.6. The molecule has 0 saturated heterocycles. The summed E-state index contributed by atoms with van der Waals surface area (Å²) in [5.41, 5.74) is 0. The molecule has 6 nitrogen and oxygen atoms in total. The number of aliphatic hydroxyl groups is 4. The summed E-state index contributed by atoms with van der Waals surface area (Å²) in [4.78, 5) is 12.5. The molecule has 1 amide bonds. The first kappa shape index (κ1) is 61.8. The van der Waals surface area contributed by atoms with Crippen molar-refractivity contribution in [3.05, 3.63) is 24.3 Å². The normalized spacial score (nSPS) is 13.9. The van der Waals surface area contributed by atoms with Crippen LogP contribution in [0.3, 0.4) is 0 Å². The van der Waals surface area contributed by atoms with Gasteiger partial charge >= 0.3 is 0 Å². The Balaban J connectivity index is 3.46. The highest BCUT2D eigenvalue weighted by Crippen LogP contribution is 2.18. The Labute approximate surface area is 393 Å². The summed E-state index contributed by atoms with van der Waals surface area (Å²) >= 11 is 0. The number of hydrogen-bond acceptors (Lipinski definition) is 5. The average Bonchev–Trinajstić information content (AvgIpc) is 3.29. The second kappa shape index (κ2) is 51.8. The number of allylic oxidation sites excluding steroid dienone is 4. The smallest absolute Gasteiger partial charge is 0.249 e. The van der Waals surface area contributed by atoms with Crippen LogP contribution in [0, 0.1) is 0 Å². The summed E-state index contributed by atoms with van der Waals surface area (Å²) in [6, 6.07) is -0.998. The van der Waals surface area contributed by atoms with Crippen molar-refractivity contribution >= 4 is 5.91 Å². The molecule has 0 fully saturated rings. The molecule has 0 radical (unpaired) electrons. The highest BCUT2D eigenvalue weighted by atomic mass is 16.3. The lowest BCUT2D eigenvalue weighted by Gasteiger charge is -2.27. The van der Waals surface area contributed by atoms with E-state index in [-0.39, 0.29) is 0 Å². The van der Waals surface area contributed by atoms with Gasteiger partial charge in [-0.3, -0.25) is 4.79 Å². The van der Waals surface area contributed by atoms with Gasteiger partial charge in [0.15, 0.2) is 0 Å². The van der Waals surface area contributed by atoms with Crippen molar-refractivity contribution in [2.24, 2.45) is 0 Å². The Kier molecular flexibility index (Phi) is 50.8. The maximum absolute atomic E-state index is 12.5. The van der Waals surface area contributed by atoms with Crippen molar-refractivity contribution in [2.75, 3.05) is 6.61 Å². The van der Waals surface area contributed by atoms with Gasteiger partial charge < -0.3 is 25.7 Å².